The molecule has 2 aromatic carbocycles. The van der Waals surface area contributed by atoms with Crippen LogP contribution in [0.4, 0.5) is 5.69 Å². The first-order chi connectivity index (χ1) is 12.3. The third-order valence-corrected chi connectivity index (χ3v) is 5.53. The normalized spacial score (nSPS) is 11.3. The van der Waals surface area contributed by atoms with Crippen LogP contribution in [0.25, 0.3) is 0 Å². The highest BCUT2D eigenvalue weighted by molar-refractivity contribution is 7.89. The zero-order chi connectivity index (χ0) is 19.3. The van der Waals surface area contributed by atoms with E-state index in [0.717, 1.165) is 4.31 Å². The summed E-state index contributed by atoms with van der Waals surface area (Å²) in [5, 5.41) is 2.76. The number of carbonyl (C=O) groups excluding carboxylic acids is 1. The largest absolute Gasteiger partial charge is 0.495 e. The van der Waals surface area contributed by atoms with Gasteiger partial charge in [-0.3, -0.25) is 4.79 Å². The van der Waals surface area contributed by atoms with E-state index in [-0.39, 0.29) is 22.3 Å². The average molecular weight is 399 g/mol. The third kappa shape index (κ3) is 4.66. The SMILES string of the molecule is COc1ccccc1NC(=O)COc1ccc(S(=O)(=O)N(C)C)cc1Cl. The Balaban J connectivity index is 2.04. The third-order valence-electron chi connectivity index (χ3n) is 3.42. The van der Waals surface area contributed by atoms with Gasteiger partial charge in [0.05, 0.1) is 22.7 Å². The first-order valence-corrected chi connectivity index (χ1v) is 9.35. The molecule has 7 nitrogen and oxygen atoms in total. The van der Waals surface area contributed by atoms with Crippen molar-refractivity contribution in [3.63, 3.8) is 0 Å². The average Bonchev–Trinajstić information content (AvgIpc) is 2.60. The molecule has 2 rings (SSSR count). The molecule has 0 saturated carbocycles. The van der Waals surface area contributed by atoms with E-state index >= 15 is 0 Å². The van der Waals surface area contributed by atoms with E-state index in [1.165, 1.54) is 39.4 Å². The molecule has 0 fully saturated rings. The zero-order valence-electron chi connectivity index (χ0n) is 14.5. The maximum Gasteiger partial charge on any atom is 0.262 e. The minimum Gasteiger partial charge on any atom is -0.495 e. The molecule has 1 N–H and O–H groups in total. The molecular weight excluding hydrogens is 380 g/mol. The number of hydrogen-bond acceptors (Lipinski definition) is 5. The summed E-state index contributed by atoms with van der Waals surface area (Å²) in [4.78, 5) is 12.1. The number of benzene rings is 2. The highest BCUT2D eigenvalue weighted by Gasteiger charge is 2.19. The van der Waals surface area contributed by atoms with E-state index in [1.54, 1.807) is 24.3 Å². The van der Waals surface area contributed by atoms with Gasteiger partial charge in [0, 0.05) is 14.1 Å². The van der Waals surface area contributed by atoms with Gasteiger partial charge in [-0.2, -0.15) is 0 Å². The Kier molecular flexibility index (Phi) is 6.47. The quantitative estimate of drug-likeness (QED) is 0.774. The highest BCUT2D eigenvalue weighted by Crippen LogP contribution is 2.28. The van der Waals surface area contributed by atoms with Crippen LogP contribution in [0, 0.1) is 0 Å². The van der Waals surface area contributed by atoms with Crippen molar-refractivity contribution in [3.8, 4) is 11.5 Å². The number of ether oxygens (including phenoxy) is 2. The van der Waals surface area contributed by atoms with Crippen LogP contribution in [0.15, 0.2) is 47.4 Å². The summed E-state index contributed by atoms with van der Waals surface area (Å²) in [5.74, 6) is 0.326. The molecule has 2 aromatic rings. The van der Waals surface area contributed by atoms with Gasteiger partial charge < -0.3 is 14.8 Å². The van der Waals surface area contributed by atoms with Gasteiger partial charge in [0.1, 0.15) is 11.5 Å². The molecule has 140 valence electrons. The van der Waals surface area contributed by atoms with E-state index in [2.05, 4.69) is 5.32 Å². The van der Waals surface area contributed by atoms with Gasteiger partial charge in [0.15, 0.2) is 6.61 Å². The lowest BCUT2D eigenvalue weighted by atomic mass is 10.3. The van der Waals surface area contributed by atoms with Crippen LogP contribution in [-0.2, 0) is 14.8 Å². The summed E-state index contributed by atoms with van der Waals surface area (Å²) in [6.45, 7) is -0.294. The predicted octanol–water partition coefficient (Wildman–Crippen LogP) is 2.62. The maximum atomic E-state index is 12.1. The van der Waals surface area contributed by atoms with Crippen molar-refractivity contribution in [2.75, 3.05) is 33.1 Å². The van der Waals surface area contributed by atoms with Crippen LogP contribution in [-0.4, -0.2) is 46.4 Å². The fourth-order valence-corrected chi connectivity index (χ4v) is 3.28. The van der Waals surface area contributed by atoms with Crippen LogP contribution in [0.5, 0.6) is 11.5 Å². The van der Waals surface area contributed by atoms with Gasteiger partial charge in [-0.15, -0.1) is 0 Å². The first kappa shape index (κ1) is 20.0. The van der Waals surface area contributed by atoms with Crippen LogP contribution in [0.2, 0.25) is 5.02 Å². The second-order valence-corrected chi connectivity index (χ2v) is 7.98. The lowest BCUT2D eigenvalue weighted by Gasteiger charge is -2.14. The van der Waals surface area contributed by atoms with E-state index in [9.17, 15) is 13.2 Å². The van der Waals surface area contributed by atoms with E-state index in [0.29, 0.717) is 11.4 Å². The molecular formula is C17H19ClN2O5S. The summed E-state index contributed by atoms with van der Waals surface area (Å²) in [7, 11) is 0.762. The molecule has 0 saturated heterocycles. The standard InChI is InChI=1S/C17H19ClN2O5S/c1-20(2)26(22,23)12-8-9-15(13(18)10-12)25-11-17(21)19-14-6-4-5-7-16(14)24-3/h4-10H,11H2,1-3H3,(H,19,21). The molecule has 0 bridgehead atoms. The summed E-state index contributed by atoms with van der Waals surface area (Å²) in [5.41, 5.74) is 0.516. The molecule has 0 atom stereocenters. The molecule has 0 heterocycles. The number of carbonyl (C=O) groups is 1. The Labute approximate surface area is 157 Å². The summed E-state index contributed by atoms with van der Waals surface area (Å²) < 4.78 is 35.8. The molecule has 1 amide bonds. The molecule has 9 heteroatoms. The Morgan fingerprint density at radius 3 is 2.46 bits per heavy atom. The van der Waals surface area contributed by atoms with Crippen LogP contribution in [0.3, 0.4) is 0 Å². The molecule has 0 spiro atoms. The van der Waals surface area contributed by atoms with Crippen LogP contribution < -0.4 is 14.8 Å². The molecule has 0 aromatic heterocycles. The van der Waals surface area contributed by atoms with Gasteiger partial charge in [-0.25, -0.2) is 12.7 Å². The fraction of sp³-hybridized carbons (Fsp3) is 0.235. The first-order valence-electron chi connectivity index (χ1n) is 7.53. The van der Waals surface area contributed by atoms with Crippen molar-refractivity contribution in [1.82, 2.24) is 4.31 Å². The zero-order valence-corrected chi connectivity index (χ0v) is 16.1. The van der Waals surface area contributed by atoms with Crippen molar-refractivity contribution in [1.29, 1.82) is 0 Å². The predicted molar refractivity (Wildman–Crippen MR) is 99.4 cm³/mol. The number of anilines is 1. The smallest absolute Gasteiger partial charge is 0.262 e. The van der Waals surface area contributed by atoms with Gasteiger partial charge in [-0.05, 0) is 30.3 Å². The molecule has 0 aliphatic rings. The number of amides is 1. The lowest BCUT2D eigenvalue weighted by molar-refractivity contribution is -0.118. The molecule has 26 heavy (non-hydrogen) atoms. The van der Waals surface area contributed by atoms with Crippen molar-refractivity contribution in [2.45, 2.75) is 4.90 Å². The van der Waals surface area contributed by atoms with Crippen LogP contribution >= 0.6 is 11.6 Å². The maximum absolute atomic E-state index is 12.1. The Morgan fingerprint density at radius 1 is 1.15 bits per heavy atom. The fourth-order valence-electron chi connectivity index (χ4n) is 2.05. The van der Waals surface area contributed by atoms with Crippen molar-refractivity contribution < 1.29 is 22.7 Å². The summed E-state index contributed by atoms with van der Waals surface area (Å²) in [6.07, 6.45) is 0. The second kappa shape index (κ2) is 8.39. The van der Waals surface area contributed by atoms with Crippen molar-refractivity contribution >= 4 is 33.2 Å². The number of rotatable bonds is 7. The molecule has 0 aliphatic heterocycles. The van der Waals surface area contributed by atoms with Crippen molar-refractivity contribution in [2.24, 2.45) is 0 Å². The molecule has 0 aliphatic carbocycles. The van der Waals surface area contributed by atoms with E-state index < -0.39 is 15.9 Å². The number of para-hydroxylation sites is 2. The Hall–Kier alpha value is -2.29. The Bertz CT molecular complexity index is 900. The number of hydrogen-bond donors (Lipinski definition) is 1. The van der Waals surface area contributed by atoms with Crippen molar-refractivity contribution in [3.05, 3.63) is 47.5 Å². The number of methoxy groups -OCH3 is 1. The van der Waals surface area contributed by atoms with Gasteiger partial charge in [0.25, 0.3) is 5.91 Å². The Morgan fingerprint density at radius 2 is 1.85 bits per heavy atom. The van der Waals surface area contributed by atoms with Gasteiger partial charge in [0.2, 0.25) is 10.0 Å². The summed E-state index contributed by atoms with van der Waals surface area (Å²) in [6, 6.07) is 11.0. The van der Waals surface area contributed by atoms with Crippen LogP contribution in [0.1, 0.15) is 0 Å². The van der Waals surface area contributed by atoms with Gasteiger partial charge >= 0.3 is 0 Å². The number of nitrogens with one attached hydrogen (secondary N) is 1. The number of nitrogens with zero attached hydrogens (tertiary/aromatic N) is 1. The minimum atomic E-state index is -3.60. The monoisotopic (exact) mass is 398 g/mol. The minimum absolute atomic E-state index is 0.0401. The topological polar surface area (TPSA) is 84.9 Å². The molecule has 0 unspecified atom stereocenters. The molecule has 0 radical (unpaired) electrons. The second-order valence-electron chi connectivity index (χ2n) is 5.42. The number of halogens is 1. The summed E-state index contributed by atoms with van der Waals surface area (Å²) >= 11 is 6.07. The highest BCUT2D eigenvalue weighted by atomic mass is 35.5. The number of sulfonamides is 1. The van der Waals surface area contributed by atoms with Gasteiger partial charge in [-0.1, -0.05) is 23.7 Å². The lowest BCUT2D eigenvalue weighted by Crippen LogP contribution is -2.22. The van der Waals surface area contributed by atoms with E-state index in [4.69, 9.17) is 21.1 Å². The van der Waals surface area contributed by atoms with E-state index in [1.807, 2.05) is 0 Å².